The van der Waals surface area contributed by atoms with Gasteiger partial charge in [-0.25, -0.2) is 13.1 Å². The molecular formula is C24H32N2O3S. The fourth-order valence-electron chi connectivity index (χ4n) is 4.02. The maximum Gasteiger partial charge on any atom is 0.216 e. The first-order valence-electron chi connectivity index (χ1n) is 10.7. The van der Waals surface area contributed by atoms with Crippen molar-refractivity contribution >= 4 is 15.9 Å². The maximum absolute atomic E-state index is 12.3. The van der Waals surface area contributed by atoms with Crippen LogP contribution >= 0.6 is 0 Å². The Hall–Kier alpha value is -2.18. The van der Waals surface area contributed by atoms with E-state index in [-0.39, 0.29) is 17.9 Å². The van der Waals surface area contributed by atoms with Gasteiger partial charge in [0.25, 0.3) is 0 Å². The minimum absolute atomic E-state index is 0.00628. The van der Waals surface area contributed by atoms with Gasteiger partial charge in [0.05, 0.1) is 5.25 Å². The molecule has 2 atom stereocenters. The molecule has 6 heteroatoms. The topological polar surface area (TPSA) is 75.3 Å². The Morgan fingerprint density at radius 1 is 1.00 bits per heavy atom. The van der Waals surface area contributed by atoms with Gasteiger partial charge in [0.15, 0.2) is 0 Å². The lowest BCUT2D eigenvalue weighted by Crippen LogP contribution is -2.40. The summed E-state index contributed by atoms with van der Waals surface area (Å²) in [7, 11) is -3.26. The van der Waals surface area contributed by atoms with E-state index >= 15 is 0 Å². The van der Waals surface area contributed by atoms with E-state index in [9.17, 15) is 13.2 Å². The molecule has 0 aromatic heterocycles. The number of sulfonamides is 1. The van der Waals surface area contributed by atoms with Gasteiger partial charge in [-0.2, -0.15) is 0 Å². The van der Waals surface area contributed by atoms with E-state index in [2.05, 4.69) is 58.6 Å². The lowest BCUT2D eigenvalue weighted by molar-refractivity contribution is -0.118. The molecule has 1 saturated carbocycles. The molecule has 1 aliphatic rings. The number of nitrogens with one attached hydrogen (secondary N) is 2. The summed E-state index contributed by atoms with van der Waals surface area (Å²) >= 11 is 0. The Kier molecular flexibility index (Phi) is 7.32. The van der Waals surface area contributed by atoms with E-state index in [0.717, 1.165) is 36.8 Å². The summed E-state index contributed by atoms with van der Waals surface area (Å²) in [5.41, 5.74) is 4.67. The highest BCUT2D eigenvalue weighted by atomic mass is 32.2. The molecule has 5 nitrogen and oxygen atoms in total. The van der Waals surface area contributed by atoms with Gasteiger partial charge in [-0.05, 0) is 55.4 Å². The van der Waals surface area contributed by atoms with Crippen molar-refractivity contribution in [2.45, 2.75) is 63.7 Å². The van der Waals surface area contributed by atoms with Gasteiger partial charge in [0.2, 0.25) is 15.9 Å². The van der Waals surface area contributed by atoms with Crippen molar-refractivity contribution in [2.75, 3.05) is 6.54 Å². The summed E-state index contributed by atoms with van der Waals surface area (Å²) in [5.74, 6) is 0.219. The Labute approximate surface area is 180 Å². The minimum Gasteiger partial charge on any atom is -0.356 e. The predicted molar refractivity (Wildman–Crippen MR) is 122 cm³/mol. The van der Waals surface area contributed by atoms with Crippen LogP contribution in [0.5, 0.6) is 0 Å². The monoisotopic (exact) mass is 428 g/mol. The molecule has 1 fully saturated rings. The SMILES string of the molecule is CC(=O)NCCc1ccc(-c2ccc([C@H]3CCC[C@@H]3NS(=O)(=O)C(C)C)cc2)cc1. The lowest BCUT2D eigenvalue weighted by atomic mass is 9.92. The van der Waals surface area contributed by atoms with Crippen LogP contribution in [-0.4, -0.2) is 32.2 Å². The third-order valence-corrected chi connectivity index (χ3v) is 7.74. The average molecular weight is 429 g/mol. The average Bonchev–Trinajstić information content (AvgIpc) is 3.15. The van der Waals surface area contributed by atoms with Crippen LogP contribution in [0.1, 0.15) is 57.1 Å². The van der Waals surface area contributed by atoms with E-state index in [1.165, 1.54) is 18.1 Å². The molecule has 30 heavy (non-hydrogen) atoms. The van der Waals surface area contributed by atoms with Crippen LogP contribution in [-0.2, 0) is 21.2 Å². The summed E-state index contributed by atoms with van der Waals surface area (Å²) in [4.78, 5) is 11.0. The molecule has 0 aliphatic heterocycles. The van der Waals surface area contributed by atoms with E-state index < -0.39 is 15.3 Å². The molecule has 2 aromatic rings. The zero-order valence-corrected chi connectivity index (χ0v) is 18.8. The molecule has 2 N–H and O–H groups in total. The zero-order chi connectivity index (χ0) is 21.7. The molecule has 3 rings (SSSR count). The van der Waals surface area contributed by atoms with Crippen LogP contribution in [0.25, 0.3) is 11.1 Å². The van der Waals surface area contributed by atoms with Crippen LogP contribution in [0, 0.1) is 0 Å². The molecule has 0 heterocycles. The summed E-state index contributed by atoms with van der Waals surface area (Å²) in [5, 5.41) is 2.40. The van der Waals surface area contributed by atoms with Crippen LogP contribution in [0.3, 0.4) is 0 Å². The van der Waals surface area contributed by atoms with Crippen molar-refractivity contribution in [3.63, 3.8) is 0 Å². The number of carbonyl (C=O) groups is 1. The van der Waals surface area contributed by atoms with Gasteiger partial charge in [-0.3, -0.25) is 4.79 Å². The van der Waals surface area contributed by atoms with E-state index in [4.69, 9.17) is 0 Å². The van der Waals surface area contributed by atoms with Gasteiger partial charge in [0.1, 0.15) is 0 Å². The molecule has 2 aromatic carbocycles. The van der Waals surface area contributed by atoms with E-state index in [0.29, 0.717) is 6.54 Å². The standard InChI is InChI=1S/C24H32N2O3S/c1-17(2)30(28,29)26-24-6-4-5-23(24)22-13-11-21(12-14-22)20-9-7-19(8-10-20)15-16-25-18(3)27/h7-14,17,23-24,26H,4-6,15-16H2,1-3H3,(H,25,27)/t23-,24+/m1/s1. The predicted octanol–water partition coefficient (Wildman–Crippen LogP) is 4.00. The van der Waals surface area contributed by atoms with Gasteiger partial charge in [-0.15, -0.1) is 0 Å². The maximum atomic E-state index is 12.3. The molecule has 1 aliphatic carbocycles. The highest BCUT2D eigenvalue weighted by Gasteiger charge is 2.32. The van der Waals surface area contributed by atoms with Crippen LogP contribution in [0.4, 0.5) is 0 Å². The van der Waals surface area contributed by atoms with Crippen molar-refractivity contribution in [2.24, 2.45) is 0 Å². The van der Waals surface area contributed by atoms with E-state index in [1.807, 2.05) is 0 Å². The first-order valence-corrected chi connectivity index (χ1v) is 12.3. The normalized spacial score (nSPS) is 19.2. The fraction of sp³-hybridized carbons (Fsp3) is 0.458. The lowest BCUT2D eigenvalue weighted by Gasteiger charge is -2.23. The van der Waals surface area contributed by atoms with Crippen molar-refractivity contribution in [1.82, 2.24) is 10.0 Å². The van der Waals surface area contributed by atoms with Crippen molar-refractivity contribution in [3.05, 3.63) is 59.7 Å². The summed E-state index contributed by atoms with van der Waals surface area (Å²) in [6.07, 6.45) is 3.75. The molecule has 1 amide bonds. The Bertz CT molecular complexity index is 951. The van der Waals surface area contributed by atoms with Gasteiger partial charge < -0.3 is 5.32 Å². The summed E-state index contributed by atoms with van der Waals surface area (Å²) in [6.45, 7) is 5.60. The zero-order valence-electron chi connectivity index (χ0n) is 18.0. The third-order valence-electron chi connectivity index (χ3n) is 5.87. The van der Waals surface area contributed by atoms with Crippen molar-refractivity contribution < 1.29 is 13.2 Å². The van der Waals surface area contributed by atoms with E-state index in [1.54, 1.807) is 13.8 Å². The quantitative estimate of drug-likeness (QED) is 0.667. The van der Waals surface area contributed by atoms with Gasteiger partial charge >= 0.3 is 0 Å². The van der Waals surface area contributed by atoms with Gasteiger partial charge in [-0.1, -0.05) is 55.0 Å². The number of hydrogen-bond acceptors (Lipinski definition) is 3. The summed E-state index contributed by atoms with van der Waals surface area (Å²) < 4.78 is 27.5. The Morgan fingerprint density at radius 2 is 1.60 bits per heavy atom. The van der Waals surface area contributed by atoms with Crippen LogP contribution in [0.15, 0.2) is 48.5 Å². The third kappa shape index (κ3) is 5.70. The molecule has 0 unspecified atom stereocenters. The van der Waals surface area contributed by atoms with Gasteiger partial charge in [0, 0.05) is 25.4 Å². The highest BCUT2D eigenvalue weighted by molar-refractivity contribution is 7.90. The second-order valence-electron chi connectivity index (χ2n) is 8.41. The second-order valence-corrected chi connectivity index (χ2v) is 10.7. The summed E-state index contributed by atoms with van der Waals surface area (Å²) in [6, 6.07) is 16.9. The Morgan fingerprint density at radius 3 is 2.17 bits per heavy atom. The molecule has 0 saturated heterocycles. The number of benzene rings is 2. The molecule has 162 valence electrons. The number of hydrogen-bond donors (Lipinski definition) is 2. The molecule has 0 radical (unpaired) electrons. The second kappa shape index (κ2) is 9.75. The fourth-order valence-corrected chi connectivity index (χ4v) is 4.99. The smallest absolute Gasteiger partial charge is 0.216 e. The molecule has 0 bridgehead atoms. The number of amides is 1. The molecular weight excluding hydrogens is 396 g/mol. The van der Waals surface area contributed by atoms with Crippen LogP contribution < -0.4 is 10.0 Å². The molecule has 0 spiro atoms. The van der Waals surface area contributed by atoms with Crippen molar-refractivity contribution in [3.8, 4) is 11.1 Å². The Balaban J connectivity index is 1.66. The van der Waals surface area contributed by atoms with Crippen LogP contribution in [0.2, 0.25) is 0 Å². The number of carbonyl (C=O) groups excluding carboxylic acids is 1. The number of rotatable bonds is 8. The highest BCUT2D eigenvalue weighted by Crippen LogP contribution is 2.36. The first kappa shape index (κ1) is 22.5. The minimum atomic E-state index is -3.26. The van der Waals surface area contributed by atoms with Crippen molar-refractivity contribution in [1.29, 1.82) is 0 Å². The first-order chi connectivity index (χ1) is 14.3. The largest absolute Gasteiger partial charge is 0.356 e.